The normalized spacial score (nSPS) is 22.4. The molecule has 1 aromatic carbocycles. The molecule has 2 N–H and O–H groups in total. The first-order valence-electron chi connectivity index (χ1n) is 6.49. The predicted octanol–water partition coefficient (Wildman–Crippen LogP) is 1.92. The first-order chi connectivity index (χ1) is 9.19. The van der Waals surface area contributed by atoms with E-state index in [1.807, 2.05) is 0 Å². The summed E-state index contributed by atoms with van der Waals surface area (Å²) in [4.78, 5) is 11.7. The molecule has 1 aliphatic carbocycles. The molecule has 1 aromatic rings. The maximum absolute atomic E-state index is 13.3. The molecule has 0 spiro atoms. The third kappa shape index (κ3) is 4.01. The minimum atomic E-state index is -0.420. The second-order valence-corrected chi connectivity index (χ2v) is 4.78. The summed E-state index contributed by atoms with van der Waals surface area (Å²) >= 11 is 0. The number of anilines is 1. The number of hydrogen-bond donors (Lipinski definition) is 2. The van der Waals surface area contributed by atoms with E-state index in [0.717, 1.165) is 19.3 Å². The number of benzene rings is 1. The molecule has 4 nitrogen and oxygen atoms in total. The van der Waals surface area contributed by atoms with Gasteiger partial charge in [-0.2, -0.15) is 0 Å². The SMILES string of the molecule is COC1CCC(NCC(=O)Nc2ccccc2F)C1. The largest absolute Gasteiger partial charge is 0.381 e. The lowest BCUT2D eigenvalue weighted by molar-refractivity contribution is -0.115. The Morgan fingerprint density at radius 3 is 2.89 bits per heavy atom. The van der Waals surface area contributed by atoms with E-state index < -0.39 is 5.82 Å². The number of hydrogen-bond acceptors (Lipinski definition) is 3. The molecule has 2 rings (SSSR count). The van der Waals surface area contributed by atoms with Crippen molar-refractivity contribution in [3.8, 4) is 0 Å². The zero-order valence-electron chi connectivity index (χ0n) is 11.0. The average molecular weight is 266 g/mol. The van der Waals surface area contributed by atoms with Crippen molar-refractivity contribution in [2.75, 3.05) is 19.0 Å². The van der Waals surface area contributed by atoms with Crippen LogP contribution in [0.25, 0.3) is 0 Å². The molecule has 0 aliphatic heterocycles. The first kappa shape index (κ1) is 14.0. The molecule has 2 atom stereocenters. The van der Waals surface area contributed by atoms with Gasteiger partial charge in [0.25, 0.3) is 0 Å². The fourth-order valence-electron chi connectivity index (χ4n) is 2.33. The van der Waals surface area contributed by atoms with Crippen LogP contribution in [0.1, 0.15) is 19.3 Å². The molecule has 0 bridgehead atoms. The lowest BCUT2D eigenvalue weighted by atomic mass is 10.2. The summed E-state index contributed by atoms with van der Waals surface area (Å²) in [6.07, 6.45) is 3.23. The molecule has 2 unspecified atom stereocenters. The zero-order valence-corrected chi connectivity index (χ0v) is 11.0. The highest BCUT2D eigenvalue weighted by Crippen LogP contribution is 2.21. The highest BCUT2D eigenvalue weighted by Gasteiger charge is 2.24. The molecule has 0 saturated heterocycles. The Morgan fingerprint density at radius 2 is 2.21 bits per heavy atom. The zero-order chi connectivity index (χ0) is 13.7. The summed E-state index contributed by atoms with van der Waals surface area (Å²) in [6, 6.07) is 6.45. The molecule has 1 aliphatic rings. The molecule has 104 valence electrons. The third-order valence-corrected chi connectivity index (χ3v) is 3.42. The molecule has 1 amide bonds. The molecule has 0 aromatic heterocycles. The van der Waals surface area contributed by atoms with Crippen molar-refractivity contribution in [3.63, 3.8) is 0 Å². The van der Waals surface area contributed by atoms with Crippen LogP contribution in [-0.4, -0.2) is 31.7 Å². The van der Waals surface area contributed by atoms with Gasteiger partial charge in [0, 0.05) is 13.2 Å². The van der Waals surface area contributed by atoms with E-state index in [9.17, 15) is 9.18 Å². The van der Waals surface area contributed by atoms with Gasteiger partial charge in [0.1, 0.15) is 5.82 Å². The van der Waals surface area contributed by atoms with Crippen LogP contribution in [0.5, 0.6) is 0 Å². The number of nitrogens with one attached hydrogen (secondary N) is 2. The van der Waals surface area contributed by atoms with Crippen LogP contribution in [0.3, 0.4) is 0 Å². The lowest BCUT2D eigenvalue weighted by Crippen LogP contribution is -2.35. The summed E-state index contributed by atoms with van der Waals surface area (Å²) in [5.41, 5.74) is 0.218. The van der Waals surface area contributed by atoms with E-state index >= 15 is 0 Å². The van der Waals surface area contributed by atoms with Gasteiger partial charge in [0.15, 0.2) is 0 Å². The van der Waals surface area contributed by atoms with Crippen molar-refractivity contribution in [1.29, 1.82) is 0 Å². The van der Waals surface area contributed by atoms with Gasteiger partial charge in [-0.05, 0) is 31.4 Å². The van der Waals surface area contributed by atoms with Crippen LogP contribution < -0.4 is 10.6 Å². The summed E-state index contributed by atoms with van der Waals surface area (Å²) in [6.45, 7) is 0.190. The van der Waals surface area contributed by atoms with Gasteiger partial charge in [-0.3, -0.25) is 4.79 Å². The minimum absolute atomic E-state index is 0.190. The van der Waals surface area contributed by atoms with Crippen molar-refractivity contribution < 1.29 is 13.9 Å². The van der Waals surface area contributed by atoms with E-state index in [0.29, 0.717) is 6.04 Å². The Morgan fingerprint density at radius 1 is 1.42 bits per heavy atom. The number of amides is 1. The Labute approximate surface area is 112 Å². The molecular weight excluding hydrogens is 247 g/mol. The molecule has 1 fully saturated rings. The topological polar surface area (TPSA) is 50.4 Å². The van der Waals surface area contributed by atoms with Crippen LogP contribution in [0.4, 0.5) is 10.1 Å². The molecule has 1 saturated carbocycles. The minimum Gasteiger partial charge on any atom is -0.381 e. The first-order valence-corrected chi connectivity index (χ1v) is 6.49. The van der Waals surface area contributed by atoms with Gasteiger partial charge >= 0.3 is 0 Å². The van der Waals surface area contributed by atoms with Crippen molar-refractivity contribution in [1.82, 2.24) is 5.32 Å². The number of ether oxygens (including phenoxy) is 1. The Bertz CT molecular complexity index is 439. The Kier molecular flexibility index (Phi) is 4.87. The Balaban J connectivity index is 1.75. The van der Waals surface area contributed by atoms with Crippen LogP contribution in [-0.2, 0) is 9.53 Å². The van der Waals surface area contributed by atoms with E-state index in [1.165, 1.54) is 6.07 Å². The molecule has 5 heteroatoms. The van der Waals surface area contributed by atoms with E-state index in [4.69, 9.17) is 4.74 Å². The van der Waals surface area contributed by atoms with Crippen molar-refractivity contribution in [2.45, 2.75) is 31.4 Å². The van der Waals surface area contributed by atoms with Crippen LogP contribution in [0.2, 0.25) is 0 Å². The van der Waals surface area contributed by atoms with Crippen LogP contribution >= 0.6 is 0 Å². The molecule has 0 heterocycles. The molecule has 0 radical (unpaired) electrons. The smallest absolute Gasteiger partial charge is 0.238 e. The second kappa shape index (κ2) is 6.63. The fraction of sp³-hybridized carbons (Fsp3) is 0.500. The van der Waals surface area contributed by atoms with Gasteiger partial charge < -0.3 is 15.4 Å². The van der Waals surface area contributed by atoms with Gasteiger partial charge in [-0.1, -0.05) is 12.1 Å². The number of para-hydroxylation sites is 1. The predicted molar refractivity (Wildman–Crippen MR) is 71.5 cm³/mol. The maximum Gasteiger partial charge on any atom is 0.238 e. The number of carbonyl (C=O) groups is 1. The lowest BCUT2D eigenvalue weighted by Gasteiger charge is -2.13. The van der Waals surface area contributed by atoms with Gasteiger partial charge in [0.2, 0.25) is 5.91 Å². The second-order valence-electron chi connectivity index (χ2n) is 4.78. The number of rotatable bonds is 5. The summed E-state index contributed by atoms with van der Waals surface area (Å²) in [5, 5.41) is 5.72. The third-order valence-electron chi connectivity index (χ3n) is 3.42. The Hall–Kier alpha value is -1.46. The monoisotopic (exact) mass is 266 g/mol. The highest BCUT2D eigenvalue weighted by molar-refractivity contribution is 5.92. The fourth-order valence-corrected chi connectivity index (χ4v) is 2.33. The summed E-state index contributed by atoms with van der Waals surface area (Å²) in [7, 11) is 1.71. The van der Waals surface area contributed by atoms with E-state index in [2.05, 4.69) is 10.6 Å². The standard InChI is InChI=1S/C14H19FN2O2/c1-19-11-7-6-10(8-11)16-9-14(18)17-13-5-3-2-4-12(13)15/h2-5,10-11,16H,6-9H2,1H3,(H,17,18). The maximum atomic E-state index is 13.3. The van der Waals surface area contributed by atoms with E-state index in [1.54, 1.807) is 25.3 Å². The van der Waals surface area contributed by atoms with Gasteiger partial charge in [0.05, 0.1) is 18.3 Å². The highest BCUT2D eigenvalue weighted by atomic mass is 19.1. The van der Waals surface area contributed by atoms with Crippen molar-refractivity contribution in [3.05, 3.63) is 30.1 Å². The average Bonchev–Trinajstić information content (AvgIpc) is 2.87. The van der Waals surface area contributed by atoms with E-state index in [-0.39, 0.29) is 24.2 Å². The molecule has 19 heavy (non-hydrogen) atoms. The number of carbonyl (C=O) groups excluding carboxylic acids is 1. The van der Waals surface area contributed by atoms with Gasteiger partial charge in [-0.25, -0.2) is 4.39 Å². The summed E-state index contributed by atoms with van der Waals surface area (Å²) in [5.74, 6) is -0.651. The van der Waals surface area contributed by atoms with Crippen molar-refractivity contribution >= 4 is 11.6 Å². The number of halogens is 1. The van der Waals surface area contributed by atoms with Crippen molar-refractivity contribution in [2.24, 2.45) is 0 Å². The quantitative estimate of drug-likeness (QED) is 0.856. The summed E-state index contributed by atoms with van der Waals surface area (Å²) < 4.78 is 18.6. The van der Waals surface area contributed by atoms with Gasteiger partial charge in [-0.15, -0.1) is 0 Å². The van der Waals surface area contributed by atoms with Crippen LogP contribution in [0.15, 0.2) is 24.3 Å². The van der Waals surface area contributed by atoms with Crippen LogP contribution in [0, 0.1) is 5.82 Å². The molecular formula is C14H19FN2O2. The number of methoxy groups -OCH3 is 1.